The molecular formula is C22H30ClF3N4O2. The molecule has 1 aromatic rings. The molecule has 1 aromatic carbocycles. The zero-order valence-corrected chi connectivity index (χ0v) is 19.0. The molecule has 2 aliphatic rings. The van der Waals surface area contributed by atoms with Crippen molar-refractivity contribution in [3.8, 4) is 0 Å². The number of rotatable bonds is 6. The van der Waals surface area contributed by atoms with Crippen molar-refractivity contribution in [3.05, 3.63) is 28.8 Å². The minimum absolute atomic E-state index is 0.0583. The smallest absolute Gasteiger partial charge is 0.339 e. The number of amides is 2. The average Bonchev–Trinajstić information content (AvgIpc) is 2.75. The number of likely N-dealkylation sites (tertiary alicyclic amines) is 1. The van der Waals surface area contributed by atoms with Gasteiger partial charge in [0.25, 0.3) is 0 Å². The van der Waals surface area contributed by atoms with Crippen LogP contribution >= 0.6 is 11.6 Å². The molecule has 2 saturated heterocycles. The third-order valence-electron chi connectivity index (χ3n) is 6.17. The Labute approximate surface area is 191 Å². The third-order valence-corrected chi connectivity index (χ3v) is 6.49. The van der Waals surface area contributed by atoms with Gasteiger partial charge in [-0.1, -0.05) is 18.5 Å². The minimum Gasteiger partial charge on any atom is -0.339 e. The van der Waals surface area contributed by atoms with Gasteiger partial charge in [0.2, 0.25) is 11.8 Å². The molecule has 10 heteroatoms. The molecular weight excluding hydrogens is 445 g/mol. The van der Waals surface area contributed by atoms with E-state index in [1.807, 2.05) is 9.80 Å². The molecule has 0 spiro atoms. The van der Waals surface area contributed by atoms with Crippen molar-refractivity contribution >= 4 is 29.1 Å². The lowest BCUT2D eigenvalue weighted by molar-refractivity contribution is -0.137. The number of nitrogens with one attached hydrogen (secondary N) is 1. The van der Waals surface area contributed by atoms with E-state index in [4.69, 9.17) is 11.6 Å². The van der Waals surface area contributed by atoms with Gasteiger partial charge in [-0.05, 0) is 43.9 Å². The van der Waals surface area contributed by atoms with Gasteiger partial charge in [-0.2, -0.15) is 13.2 Å². The Morgan fingerprint density at radius 2 is 1.72 bits per heavy atom. The summed E-state index contributed by atoms with van der Waals surface area (Å²) in [6.07, 6.45) is -0.299. The van der Waals surface area contributed by atoms with Crippen molar-refractivity contribution in [1.82, 2.24) is 14.7 Å². The van der Waals surface area contributed by atoms with Crippen molar-refractivity contribution in [2.24, 2.45) is 0 Å². The monoisotopic (exact) mass is 474 g/mol. The van der Waals surface area contributed by atoms with Gasteiger partial charge in [-0.25, -0.2) is 0 Å². The molecule has 0 radical (unpaired) electrons. The van der Waals surface area contributed by atoms with Crippen LogP contribution in [-0.4, -0.2) is 78.4 Å². The Morgan fingerprint density at radius 3 is 2.34 bits per heavy atom. The molecule has 0 aliphatic carbocycles. The first-order chi connectivity index (χ1) is 15.2. The Kier molecular flexibility index (Phi) is 8.41. The standard InChI is InChI=1S/C22H30ClF3N4O2/c1-2-17-5-3-4-8-30(17)21(32)15-29-11-9-28(10-12-29)14-20(31)27-16-6-7-19(23)18(13-16)22(24,25)26/h6-7,13,17H,2-5,8-12,14-15H2,1H3,(H,27,31)/t17-/m1/s1. The second kappa shape index (κ2) is 10.9. The van der Waals surface area contributed by atoms with E-state index in [0.29, 0.717) is 38.8 Å². The van der Waals surface area contributed by atoms with E-state index in [-0.39, 0.29) is 24.0 Å². The topological polar surface area (TPSA) is 55.9 Å². The maximum absolute atomic E-state index is 13.0. The predicted octanol–water partition coefficient (Wildman–Crippen LogP) is 3.71. The Balaban J connectivity index is 1.45. The Bertz CT molecular complexity index is 813. The van der Waals surface area contributed by atoms with Crippen LogP contribution in [0.4, 0.5) is 18.9 Å². The number of halogens is 4. The lowest BCUT2D eigenvalue weighted by atomic mass is 10.00. The summed E-state index contributed by atoms with van der Waals surface area (Å²) in [5.74, 6) is -0.213. The van der Waals surface area contributed by atoms with E-state index in [0.717, 1.165) is 37.9 Å². The lowest BCUT2D eigenvalue weighted by Crippen LogP contribution is -2.53. The molecule has 1 N–H and O–H groups in total. The SMILES string of the molecule is CC[C@@H]1CCCCN1C(=O)CN1CCN(CC(=O)Nc2ccc(Cl)c(C(F)(F)F)c2)CC1. The fraction of sp³-hybridized carbons (Fsp3) is 0.636. The molecule has 2 fully saturated rings. The van der Waals surface area contributed by atoms with E-state index < -0.39 is 16.8 Å². The predicted molar refractivity (Wildman–Crippen MR) is 118 cm³/mol. The molecule has 32 heavy (non-hydrogen) atoms. The number of piperidine rings is 1. The number of piperazine rings is 1. The van der Waals surface area contributed by atoms with E-state index >= 15 is 0 Å². The Morgan fingerprint density at radius 1 is 1.06 bits per heavy atom. The van der Waals surface area contributed by atoms with Crippen LogP contribution in [-0.2, 0) is 15.8 Å². The number of alkyl halides is 3. The van der Waals surface area contributed by atoms with Crippen molar-refractivity contribution in [2.75, 3.05) is 51.1 Å². The van der Waals surface area contributed by atoms with Crippen molar-refractivity contribution < 1.29 is 22.8 Å². The molecule has 1 atom stereocenters. The van der Waals surface area contributed by atoms with Gasteiger partial charge < -0.3 is 10.2 Å². The highest BCUT2D eigenvalue weighted by Gasteiger charge is 2.33. The van der Waals surface area contributed by atoms with Crippen molar-refractivity contribution in [2.45, 2.75) is 44.8 Å². The molecule has 2 heterocycles. The third kappa shape index (κ3) is 6.59. The molecule has 6 nitrogen and oxygen atoms in total. The highest BCUT2D eigenvalue weighted by atomic mass is 35.5. The van der Waals surface area contributed by atoms with Crippen LogP contribution in [0.3, 0.4) is 0 Å². The van der Waals surface area contributed by atoms with Gasteiger partial charge in [0.15, 0.2) is 0 Å². The summed E-state index contributed by atoms with van der Waals surface area (Å²) in [5, 5.41) is 2.11. The summed E-state index contributed by atoms with van der Waals surface area (Å²) < 4.78 is 39.0. The van der Waals surface area contributed by atoms with Gasteiger partial charge in [-0.15, -0.1) is 0 Å². The van der Waals surface area contributed by atoms with E-state index in [1.165, 1.54) is 12.5 Å². The first-order valence-corrected chi connectivity index (χ1v) is 11.5. The van der Waals surface area contributed by atoms with Crippen LogP contribution in [0.25, 0.3) is 0 Å². The normalized spacial score (nSPS) is 20.9. The highest BCUT2D eigenvalue weighted by molar-refractivity contribution is 6.31. The van der Waals surface area contributed by atoms with E-state index in [2.05, 4.69) is 17.1 Å². The Hall–Kier alpha value is -1.84. The molecule has 3 rings (SSSR count). The molecule has 2 amide bonds. The summed E-state index contributed by atoms with van der Waals surface area (Å²) >= 11 is 5.62. The second-order valence-electron chi connectivity index (χ2n) is 8.44. The summed E-state index contributed by atoms with van der Waals surface area (Å²) in [7, 11) is 0. The fourth-order valence-corrected chi connectivity index (χ4v) is 4.59. The van der Waals surface area contributed by atoms with Crippen LogP contribution in [0.15, 0.2) is 18.2 Å². The number of anilines is 1. The molecule has 0 bridgehead atoms. The maximum Gasteiger partial charge on any atom is 0.417 e. The molecule has 0 unspecified atom stereocenters. The van der Waals surface area contributed by atoms with Gasteiger partial charge in [0.1, 0.15) is 0 Å². The summed E-state index contributed by atoms with van der Waals surface area (Å²) in [6, 6.07) is 3.66. The first kappa shape index (κ1) is 24.8. The summed E-state index contributed by atoms with van der Waals surface area (Å²) in [6.45, 7) is 5.99. The van der Waals surface area contributed by atoms with Gasteiger partial charge in [0, 0.05) is 44.5 Å². The molecule has 0 saturated carbocycles. The number of nitrogens with zero attached hydrogens (tertiary/aromatic N) is 3. The van der Waals surface area contributed by atoms with Crippen LogP contribution in [0.5, 0.6) is 0 Å². The number of carbonyl (C=O) groups excluding carboxylic acids is 2. The van der Waals surface area contributed by atoms with E-state index in [9.17, 15) is 22.8 Å². The molecule has 2 aliphatic heterocycles. The zero-order chi connectivity index (χ0) is 23.3. The first-order valence-electron chi connectivity index (χ1n) is 11.1. The van der Waals surface area contributed by atoms with Crippen LogP contribution in [0.2, 0.25) is 5.02 Å². The average molecular weight is 475 g/mol. The molecule has 0 aromatic heterocycles. The molecule has 178 valence electrons. The lowest BCUT2D eigenvalue weighted by Gasteiger charge is -2.38. The van der Waals surface area contributed by atoms with E-state index in [1.54, 1.807) is 0 Å². The van der Waals surface area contributed by atoms with Crippen molar-refractivity contribution in [1.29, 1.82) is 0 Å². The summed E-state index contributed by atoms with van der Waals surface area (Å²) in [5.41, 5.74) is -0.919. The zero-order valence-electron chi connectivity index (χ0n) is 18.3. The summed E-state index contributed by atoms with van der Waals surface area (Å²) in [4.78, 5) is 31.1. The van der Waals surface area contributed by atoms with Crippen LogP contribution < -0.4 is 5.32 Å². The highest BCUT2D eigenvalue weighted by Crippen LogP contribution is 2.36. The number of hydrogen-bond acceptors (Lipinski definition) is 4. The van der Waals surface area contributed by atoms with Gasteiger partial charge in [0.05, 0.1) is 23.7 Å². The number of carbonyl (C=O) groups is 2. The van der Waals surface area contributed by atoms with Gasteiger partial charge in [-0.3, -0.25) is 19.4 Å². The largest absolute Gasteiger partial charge is 0.417 e. The van der Waals surface area contributed by atoms with Crippen LogP contribution in [0, 0.1) is 0 Å². The van der Waals surface area contributed by atoms with Crippen molar-refractivity contribution in [3.63, 3.8) is 0 Å². The van der Waals surface area contributed by atoms with Crippen LogP contribution in [0.1, 0.15) is 38.2 Å². The number of hydrogen-bond donors (Lipinski definition) is 1. The minimum atomic E-state index is -4.59. The number of benzene rings is 1. The quantitative estimate of drug-likeness (QED) is 0.683. The maximum atomic E-state index is 13.0. The fourth-order valence-electron chi connectivity index (χ4n) is 4.36. The van der Waals surface area contributed by atoms with Gasteiger partial charge >= 0.3 is 6.18 Å². The second-order valence-corrected chi connectivity index (χ2v) is 8.85.